The smallest absolute Gasteiger partial charge is 0.400 e. The second-order valence-electron chi connectivity index (χ2n) is 6.00. The van der Waals surface area contributed by atoms with Crippen LogP contribution >= 0.6 is 0 Å². The minimum absolute atomic E-state index is 0.203. The zero-order valence-electron chi connectivity index (χ0n) is 16.1. The summed E-state index contributed by atoms with van der Waals surface area (Å²) in [5.74, 6) is 0.246. The molecule has 0 saturated carbocycles. The summed E-state index contributed by atoms with van der Waals surface area (Å²) in [6.07, 6.45) is -4.38. The molecule has 0 bridgehead atoms. The molecule has 1 aromatic carbocycles. The number of nitrogens with two attached hydrogens (primary N) is 3. The van der Waals surface area contributed by atoms with E-state index in [0.29, 0.717) is 41.2 Å². The molecular weight excluding hydrogens is 371 g/mol. The molecule has 0 aliphatic heterocycles. The molecule has 0 spiro atoms. The van der Waals surface area contributed by atoms with Gasteiger partial charge in [-0.1, -0.05) is 6.07 Å². The van der Waals surface area contributed by atoms with Crippen molar-refractivity contribution < 1.29 is 18.3 Å². The highest BCUT2D eigenvalue weighted by molar-refractivity contribution is 6.02. The average molecular weight is 397 g/mol. The van der Waals surface area contributed by atoms with Crippen molar-refractivity contribution in [2.75, 3.05) is 25.9 Å². The number of aromatic nitrogens is 1. The van der Waals surface area contributed by atoms with Crippen molar-refractivity contribution >= 4 is 11.5 Å². The van der Waals surface area contributed by atoms with Crippen molar-refractivity contribution in [1.82, 2.24) is 4.98 Å². The Labute approximate surface area is 162 Å². The van der Waals surface area contributed by atoms with Gasteiger partial charge in [-0.05, 0) is 43.7 Å². The number of aliphatic hydroxyl groups is 1. The fourth-order valence-corrected chi connectivity index (χ4v) is 2.60. The average Bonchev–Trinajstić information content (AvgIpc) is 2.66. The van der Waals surface area contributed by atoms with Gasteiger partial charge >= 0.3 is 6.18 Å². The molecular formula is C19H26F3N5O. The number of hydrogen-bond donors (Lipinski definition) is 4. The van der Waals surface area contributed by atoms with Gasteiger partial charge in [0.05, 0.1) is 17.3 Å². The number of nitrogens with zero attached hydrogens (tertiary/aromatic N) is 2. The number of rotatable bonds is 5. The molecule has 0 saturated heterocycles. The lowest BCUT2D eigenvalue weighted by Crippen LogP contribution is -2.28. The molecule has 2 aromatic rings. The first-order valence-electron chi connectivity index (χ1n) is 8.51. The maximum Gasteiger partial charge on any atom is 0.416 e. The maximum absolute atomic E-state index is 12.8. The Bertz CT molecular complexity index is 818. The van der Waals surface area contributed by atoms with E-state index in [4.69, 9.17) is 22.3 Å². The molecule has 0 atom stereocenters. The second kappa shape index (κ2) is 10.2. The number of aliphatic imine (C=N–C) groups is 1. The molecule has 1 aromatic heterocycles. The van der Waals surface area contributed by atoms with Gasteiger partial charge in [0, 0.05) is 37.0 Å². The first kappa shape index (κ1) is 23.5. The Morgan fingerprint density at radius 2 is 1.75 bits per heavy atom. The molecule has 0 radical (unpaired) electrons. The molecule has 1 heterocycles. The summed E-state index contributed by atoms with van der Waals surface area (Å²) in [5, 5.41) is 7.00. The van der Waals surface area contributed by atoms with Crippen LogP contribution < -0.4 is 17.2 Å². The van der Waals surface area contributed by atoms with E-state index in [0.717, 1.165) is 19.2 Å². The normalized spacial score (nSPS) is 12.0. The van der Waals surface area contributed by atoms with Gasteiger partial charge in [-0.3, -0.25) is 4.99 Å². The molecule has 0 fully saturated rings. The van der Waals surface area contributed by atoms with Crippen molar-refractivity contribution in [3.8, 4) is 11.3 Å². The van der Waals surface area contributed by atoms with Gasteiger partial charge in [0.15, 0.2) is 0 Å². The maximum atomic E-state index is 12.8. The highest BCUT2D eigenvalue weighted by Gasteiger charge is 2.30. The van der Waals surface area contributed by atoms with Crippen LogP contribution in [0.2, 0.25) is 0 Å². The summed E-state index contributed by atoms with van der Waals surface area (Å²) in [7, 11) is 1.00. The fraction of sp³-hybridized carbons (Fsp3) is 0.368. The van der Waals surface area contributed by atoms with E-state index in [1.165, 1.54) is 6.07 Å². The summed E-state index contributed by atoms with van der Waals surface area (Å²) < 4.78 is 38.4. The van der Waals surface area contributed by atoms with Crippen LogP contribution in [0.4, 0.5) is 19.0 Å². The number of benzene rings is 1. The van der Waals surface area contributed by atoms with Crippen molar-refractivity contribution in [1.29, 1.82) is 0 Å². The summed E-state index contributed by atoms with van der Waals surface area (Å²) in [6.45, 7) is 4.04. The van der Waals surface area contributed by atoms with Crippen LogP contribution in [0.5, 0.6) is 0 Å². The zero-order chi connectivity index (χ0) is 21.5. The predicted octanol–water partition coefficient (Wildman–Crippen LogP) is 2.36. The monoisotopic (exact) mass is 397 g/mol. The van der Waals surface area contributed by atoms with Crippen molar-refractivity contribution in [2.24, 2.45) is 16.5 Å². The fourth-order valence-electron chi connectivity index (χ4n) is 2.60. The van der Waals surface area contributed by atoms with Crippen LogP contribution in [-0.4, -0.2) is 42.0 Å². The number of nitrogen functional groups attached to an aromatic ring is 1. The molecule has 0 amide bonds. The van der Waals surface area contributed by atoms with Gasteiger partial charge in [-0.25, -0.2) is 4.98 Å². The number of halogens is 3. The largest absolute Gasteiger partial charge is 0.416 e. The number of hydrogen-bond acceptors (Lipinski definition) is 6. The summed E-state index contributed by atoms with van der Waals surface area (Å²) >= 11 is 0. The Hall–Kier alpha value is -2.49. The van der Waals surface area contributed by atoms with E-state index >= 15 is 0 Å². The molecule has 7 N–H and O–H groups in total. The second-order valence-corrected chi connectivity index (χ2v) is 6.00. The van der Waals surface area contributed by atoms with Crippen LogP contribution in [-0.2, 0) is 6.18 Å². The molecule has 28 heavy (non-hydrogen) atoms. The Balaban J connectivity index is 0.00000190. The number of aryl methyl sites for hydroxylation is 1. The minimum Gasteiger partial charge on any atom is -0.400 e. The van der Waals surface area contributed by atoms with E-state index in [1.807, 2.05) is 0 Å². The van der Waals surface area contributed by atoms with Crippen LogP contribution in [0.3, 0.4) is 0 Å². The Morgan fingerprint density at radius 1 is 1.14 bits per heavy atom. The lowest BCUT2D eigenvalue weighted by Gasteiger charge is -2.13. The number of aliphatic hydroxyl groups excluding tert-OH is 1. The van der Waals surface area contributed by atoms with Crippen LogP contribution in [0.1, 0.15) is 23.6 Å². The minimum atomic E-state index is -4.38. The molecule has 6 nitrogen and oxygen atoms in total. The van der Waals surface area contributed by atoms with E-state index in [2.05, 4.69) is 9.98 Å². The van der Waals surface area contributed by atoms with Crippen molar-refractivity contribution in [3.63, 3.8) is 0 Å². The van der Waals surface area contributed by atoms with Gasteiger partial charge in [-0.2, -0.15) is 13.2 Å². The number of pyridine rings is 1. The van der Waals surface area contributed by atoms with E-state index in [-0.39, 0.29) is 11.9 Å². The standard InChI is InChI=1S/C18H22F3N5.CH4O/c1-10-7-12(18(19,20)21)3-4-14(10)16-6-5-15(17(24)26-16)11(2)25-13(8-22)9-23;1-2/h3-7,13H,8-9,22-23H2,1-2H3,(H2,24,26);2H,1H3. The molecule has 2 rings (SSSR count). The van der Waals surface area contributed by atoms with Crippen molar-refractivity contribution in [3.05, 3.63) is 47.0 Å². The summed E-state index contributed by atoms with van der Waals surface area (Å²) in [5.41, 5.74) is 19.4. The zero-order valence-corrected chi connectivity index (χ0v) is 16.1. The molecule has 0 unspecified atom stereocenters. The van der Waals surface area contributed by atoms with Crippen LogP contribution in [0, 0.1) is 6.92 Å². The third-order valence-corrected chi connectivity index (χ3v) is 4.06. The third kappa shape index (κ3) is 5.75. The van der Waals surface area contributed by atoms with E-state index in [1.54, 1.807) is 26.0 Å². The molecule has 154 valence electrons. The summed E-state index contributed by atoms with van der Waals surface area (Å²) in [6, 6.07) is 6.79. The van der Waals surface area contributed by atoms with Gasteiger partial charge in [-0.15, -0.1) is 0 Å². The highest BCUT2D eigenvalue weighted by atomic mass is 19.4. The predicted molar refractivity (Wildman–Crippen MR) is 106 cm³/mol. The molecule has 9 heteroatoms. The summed E-state index contributed by atoms with van der Waals surface area (Å²) in [4.78, 5) is 8.75. The van der Waals surface area contributed by atoms with E-state index < -0.39 is 11.7 Å². The first-order chi connectivity index (χ1) is 13.2. The Morgan fingerprint density at radius 3 is 2.21 bits per heavy atom. The van der Waals surface area contributed by atoms with Crippen LogP contribution in [0.25, 0.3) is 11.3 Å². The van der Waals surface area contributed by atoms with Gasteiger partial charge in [0.2, 0.25) is 0 Å². The Kier molecular flexibility index (Phi) is 8.55. The van der Waals surface area contributed by atoms with Gasteiger partial charge < -0.3 is 22.3 Å². The molecule has 0 aliphatic carbocycles. The van der Waals surface area contributed by atoms with Gasteiger partial charge in [0.25, 0.3) is 0 Å². The topological polar surface area (TPSA) is 124 Å². The van der Waals surface area contributed by atoms with E-state index in [9.17, 15) is 13.2 Å². The quantitative estimate of drug-likeness (QED) is 0.577. The van der Waals surface area contributed by atoms with Crippen LogP contribution in [0.15, 0.2) is 35.3 Å². The number of alkyl halides is 3. The SMILES string of the molecule is CC(=NC(CN)CN)c1ccc(-c2ccc(C(F)(F)F)cc2C)nc1N.CO. The third-order valence-electron chi connectivity index (χ3n) is 4.06. The van der Waals surface area contributed by atoms with Crippen molar-refractivity contribution in [2.45, 2.75) is 26.1 Å². The number of anilines is 1. The highest BCUT2D eigenvalue weighted by Crippen LogP contribution is 2.33. The van der Waals surface area contributed by atoms with Gasteiger partial charge in [0.1, 0.15) is 5.82 Å². The molecule has 0 aliphatic rings. The lowest BCUT2D eigenvalue weighted by molar-refractivity contribution is -0.137. The lowest BCUT2D eigenvalue weighted by atomic mass is 10.0. The first-order valence-corrected chi connectivity index (χ1v) is 8.51.